The number of carboxylic acids is 1. The molecule has 0 saturated carbocycles. The van der Waals surface area contributed by atoms with Gasteiger partial charge in [0.1, 0.15) is 0 Å². The lowest BCUT2D eigenvalue weighted by Crippen LogP contribution is -1.86. The molecular weight excluding hydrogens is 284 g/mol. The third kappa shape index (κ3) is 21.2. The monoisotopic (exact) mass is 324 g/mol. The van der Waals surface area contributed by atoms with Crippen molar-refractivity contribution in [3.63, 3.8) is 0 Å². The Kier molecular flexibility index (Phi) is 18.6. The lowest BCUT2D eigenvalue weighted by molar-refractivity contribution is -0.131. The van der Waals surface area contributed by atoms with Crippen LogP contribution in [0.3, 0.4) is 0 Å². The van der Waals surface area contributed by atoms with Crippen LogP contribution < -0.4 is 0 Å². The molecule has 0 aliphatic heterocycles. The van der Waals surface area contributed by atoms with Crippen molar-refractivity contribution in [2.24, 2.45) is 0 Å². The van der Waals surface area contributed by atoms with Gasteiger partial charge in [-0.3, -0.25) is 0 Å². The van der Waals surface area contributed by atoms with Crippen LogP contribution in [0.4, 0.5) is 0 Å². The SMILES string of the molecule is CCCCCCCCCCCCCCCCCC/C=C\C(=O)O. The molecule has 0 saturated heterocycles. The number of allylic oxidation sites excluding steroid dienone is 1. The van der Waals surface area contributed by atoms with Gasteiger partial charge in [-0.05, 0) is 12.8 Å². The number of hydrogen-bond acceptors (Lipinski definition) is 1. The fourth-order valence-electron chi connectivity index (χ4n) is 2.99. The molecule has 2 nitrogen and oxygen atoms in total. The van der Waals surface area contributed by atoms with Gasteiger partial charge in [-0.25, -0.2) is 4.79 Å². The summed E-state index contributed by atoms with van der Waals surface area (Å²) in [6.45, 7) is 2.28. The van der Waals surface area contributed by atoms with Crippen molar-refractivity contribution in [1.82, 2.24) is 0 Å². The van der Waals surface area contributed by atoms with E-state index in [9.17, 15) is 4.79 Å². The van der Waals surface area contributed by atoms with E-state index >= 15 is 0 Å². The summed E-state index contributed by atoms with van der Waals surface area (Å²) >= 11 is 0. The molecule has 0 aromatic rings. The molecule has 0 aromatic carbocycles. The maximum Gasteiger partial charge on any atom is 0.327 e. The highest BCUT2D eigenvalue weighted by atomic mass is 16.4. The molecule has 0 aliphatic carbocycles. The number of aliphatic carboxylic acids is 1. The maximum absolute atomic E-state index is 10.3. The summed E-state index contributed by atoms with van der Waals surface area (Å²) in [7, 11) is 0. The zero-order chi connectivity index (χ0) is 17.0. The van der Waals surface area contributed by atoms with Gasteiger partial charge in [0.2, 0.25) is 0 Å². The van der Waals surface area contributed by atoms with E-state index in [1.54, 1.807) is 6.08 Å². The number of carbonyl (C=O) groups is 1. The van der Waals surface area contributed by atoms with E-state index in [0.717, 1.165) is 12.8 Å². The molecule has 0 aliphatic rings. The first-order valence-electron chi connectivity index (χ1n) is 10.2. The molecular formula is C21H40O2. The van der Waals surface area contributed by atoms with Crippen LogP contribution in [0.25, 0.3) is 0 Å². The molecule has 0 fully saturated rings. The van der Waals surface area contributed by atoms with Gasteiger partial charge in [0.05, 0.1) is 0 Å². The van der Waals surface area contributed by atoms with E-state index in [0.29, 0.717) is 0 Å². The van der Waals surface area contributed by atoms with Gasteiger partial charge in [-0.2, -0.15) is 0 Å². The summed E-state index contributed by atoms with van der Waals surface area (Å²) in [6, 6.07) is 0. The number of hydrogen-bond donors (Lipinski definition) is 1. The van der Waals surface area contributed by atoms with Crippen LogP contribution >= 0.6 is 0 Å². The molecule has 0 bridgehead atoms. The summed E-state index contributed by atoms with van der Waals surface area (Å²) < 4.78 is 0. The highest BCUT2D eigenvalue weighted by Gasteiger charge is 1.94. The second kappa shape index (κ2) is 19.3. The Morgan fingerprint density at radius 3 is 1.35 bits per heavy atom. The van der Waals surface area contributed by atoms with Crippen molar-refractivity contribution in [3.8, 4) is 0 Å². The summed E-state index contributed by atoms with van der Waals surface area (Å²) in [6.07, 6.45) is 26.0. The quantitative estimate of drug-likeness (QED) is 0.212. The average Bonchev–Trinajstić information content (AvgIpc) is 2.53. The van der Waals surface area contributed by atoms with Crippen LogP contribution in [0, 0.1) is 0 Å². The molecule has 0 unspecified atom stereocenters. The highest BCUT2D eigenvalue weighted by Crippen LogP contribution is 2.14. The molecule has 0 radical (unpaired) electrons. The minimum Gasteiger partial charge on any atom is -0.478 e. The van der Waals surface area contributed by atoms with Crippen molar-refractivity contribution in [1.29, 1.82) is 0 Å². The van der Waals surface area contributed by atoms with Crippen LogP contribution in [0.1, 0.15) is 116 Å². The summed E-state index contributed by atoms with van der Waals surface area (Å²) in [5, 5.41) is 8.46. The fraction of sp³-hybridized carbons (Fsp3) is 0.857. The Morgan fingerprint density at radius 2 is 1.00 bits per heavy atom. The fourth-order valence-corrected chi connectivity index (χ4v) is 2.99. The Bertz CT molecular complexity index is 271. The Labute approximate surface area is 144 Å². The van der Waals surface area contributed by atoms with Gasteiger partial charge in [0.25, 0.3) is 0 Å². The minimum atomic E-state index is -0.832. The lowest BCUT2D eigenvalue weighted by Gasteiger charge is -2.03. The third-order valence-electron chi connectivity index (χ3n) is 4.48. The molecule has 0 spiro atoms. The first-order chi connectivity index (χ1) is 11.3. The molecule has 0 aromatic heterocycles. The van der Waals surface area contributed by atoms with Gasteiger partial charge in [0.15, 0.2) is 0 Å². The van der Waals surface area contributed by atoms with Gasteiger partial charge < -0.3 is 5.11 Å². The predicted octanol–water partition coefficient (Wildman–Crippen LogP) is 7.28. The van der Waals surface area contributed by atoms with Gasteiger partial charge in [-0.15, -0.1) is 0 Å². The zero-order valence-electron chi connectivity index (χ0n) is 15.5. The highest BCUT2D eigenvalue weighted by molar-refractivity contribution is 5.79. The van der Waals surface area contributed by atoms with E-state index in [4.69, 9.17) is 5.11 Å². The molecule has 1 N–H and O–H groups in total. The first kappa shape index (κ1) is 22.2. The van der Waals surface area contributed by atoms with Crippen LogP contribution in [0.2, 0.25) is 0 Å². The first-order valence-corrected chi connectivity index (χ1v) is 10.2. The Hall–Kier alpha value is -0.790. The Morgan fingerprint density at radius 1 is 0.652 bits per heavy atom. The summed E-state index contributed by atoms with van der Waals surface area (Å²) in [4.78, 5) is 10.3. The average molecular weight is 325 g/mol. The molecule has 0 amide bonds. The topological polar surface area (TPSA) is 37.3 Å². The standard InChI is InChI=1S/C21H40O2/c1-2-3-4-5-6-7-8-9-10-11-12-13-14-15-16-17-18-19-20-21(22)23/h19-20H,2-18H2,1H3,(H,22,23)/b20-19-. The van der Waals surface area contributed by atoms with E-state index in [1.165, 1.54) is 102 Å². The van der Waals surface area contributed by atoms with Crippen molar-refractivity contribution in [3.05, 3.63) is 12.2 Å². The largest absolute Gasteiger partial charge is 0.478 e. The van der Waals surface area contributed by atoms with E-state index in [-0.39, 0.29) is 0 Å². The van der Waals surface area contributed by atoms with Crippen LogP contribution in [0.15, 0.2) is 12.2 Å². The molecule has 0 heterocycles. The van der Waals surface area contributed by atoms with Crippen LogP contribution in [0.5, 0.6) is 0 Å². The summed E-state index contributed by atoms with van der Waals surface area (Å²) in [5.41, 5.74) is 0. The zero-order valence-corrected chi connectivity index (χ0v) is 15.5. The third-order valence-corrected chi connectivity index (χ3v) is 4.48. The molecule has 136 valence electrons. The van der Waals surface area contributed by atoms with E-state index in [1.807, 2.05) is 0 Å². The number of unbranched alkanes of at least 4 members (excludes halogenated alkanes) is 16. The van der Waals surface area contributed by atoms with Crippen LogP contribution in [-0.2, 0) is 4.79 Å². The van der Waals surface area contributed by atoms with Crippen molar-refractivity contribution >= 4 is 5.97 Å². The molecule has 23 heavy (non-hydrogen) atoms. The summed E-state index contributed by atoms with van der Waals surface area (Å²) in [5.74, 6) is -0.832. The lowest BCUT2D eigenvalue weighted by atomic mass is 10.0. The number of rotatable bonds is 18. The van der Waals surface area contributed by atoms with Crippen molar-refractivity contribution < 1.29 is 9.90 Å². The Balaban J connectivity index is 3.01. The second-order valence-corrected chi connectivity index (χ2v) is 6.83. The molecule has 0 atom stereocenters. The smallest absolute Gasteiger partial charge is 0.327 e. The van der Waals surface area contributed by atoms with Crippen molar-refractivity contribution in [2.45, 2.75) is 116 Å². The van der Waals surface area contributed by atoms with Gasteiger partial charge in [-0.1, -0.05) is 109 Å². The van der Waals surface area contributed by atoms with Gasteiger partial charge in [0, 0.05) is 6.08 Å². The maximum atomic E-state index is 10.3. The molecule has 0 rings (SSSR count). The van der Waals surface area contributed by atoms with E-state index in [2.05, 4.69) is 6.92 Å². The minimum absolute atomic E-state index is 0.832. The normalized spacial score (nSPS) is 11.3. The van der Waals surface area contributed by atoms with E-state index < -0.39 is 5.97 Å². The predicted molar refractivity (Wildman–Crippen MR) is 101 cm³/mol. The second-order valence-electron chi connectivity index (χ2n) is 6.83. The van der Waals surface area contributed by atoms with Crippen LogP contribution in [-0.4, -0.2) is 11.1 Å². The van der Waals surface area contributed by atoms with Crippen molar-refractivity contribution in [2.75, 3.05) is 0 Å². The number of carboxylic acid groups (broad SMARTS) is 1. The van der Waals surface area contributed by atoms with Gasteiger partial charge >= 0.3 is 5.97 Å². The molecule has 2 heteroatoms.